The number of ether oxygens (including phenoxy) is 2. The summed E-state index contributed by atoms with van der Waals surface area (Å²) in [5, 5.41) is 21.7. The Bertz CT molecular complexity index is 1810. The molecule has 1 atom stereocenters. The molecule has 40 heavy (non-hydrogen) atoms. The third-order valence-electron chi connectivity index (χ3n) is 8.02. The second kappa shape index (κ2) is 9.31. The van der Waals surface area contributed by atoms with Crippen LogP contribution in [-0.4, -0.2) is 38.1 Å². The van der Waals surface area contributed by atoms with E-state index in [1.807, 2.05) is 19.1 Å². The molecule has 0 spiro atoms. The molecule has 2 aromatic carbocycles. The van der Waals surface area contributed by atoms with Gasteiger partial charge in [0.25, 0.3) is 5.56 Å². The lowest BCUT2D eigenvalue weighted by Crippen LogP contribution is -2.44. The van der Waals surface area contributed by atoms with E-state index in [9.17, 15) is 24.6 Å². The number of phenols is 1. The van der Waals surface area contributed by atoms with Gasteiger partial charge in [-0.05, 0) is 73.4 Å². The molecule has 4 heterocycles. The molecule has 0 saturated carbocycles. The minimum absolute atomic E-state index is 0.0809. The second-order valence-corrected chi connectivity index (χ2v) is 10.3. The van der Waals surface area contributed by atoms with Crippen molar-refractivity contribution < 1.29 is 29.3 Å². The number of cyclic esters (lactones) is 1. The fraction of sp³-hybridized carbons (Fsp3) is 0.290. The number of phenolic OH excluding ortho intramolecular Hbond substituents is 1. The topological polar surface area (TPSA) is 128 Å². The number of esters is 1. The Morgan fingerprint density at radius 3 is 2.65 bits per heavy atom. The molecule has 2 aliphatic heterocycles. The molecule has 2 aromatic heterocycles. The summed E-state index contributed by atoms with van der Waals surface area (Å²) in [5.74, 6) is -0.317. The zero-order valence-electron chi connectivity index (χ0n) is 22.4. The molecule has 0 amide bonds. The number of benzene rings is 2. The minimum atomic E-state index is -1.88. The Morgan fingerprint density at radius 1 is 1.12 bits per heavy atom. The molecule has 2 N–H and O–H groups in total. The first-order valence-electron chi connectivity index (χ1n) is 13.2. The van der Waals surface area contributed by atoms with Crippen molar-refractivity contribution in [3.63, 3.8) is 0 Å². The maximum absolute atomic E-state index is 13.5. The smallest absolute Gasteiger partial charge is 0.343 e. The van der Waals surface area contributed by atoms with Crippen LogP contribution in [0.3, 0.4) is 0 Å². The number of aromatic hydroxyl groups is 1. The molecule has 6 rings (SSSR count). The van der Waals surface area contributed by atoms with E-state index in [0.717, 1.165) is 16.5 Å². The van der Waals surface area contributed by atoms with E-state index >= 15 is 0 Å². The van der Waals surface area contributed by atoms with E-state index in [2.05, 4.69) is 0 Å². The van der Waals surface area contributed by atoms with Crippen molar-refractivity contribution in [2.75, 3.05) is 6.61 Å². The summed E-state index contributed by atoms with van der Waals surface area (Å²) >= 11 is 0. The second-order valence-electron chi connectivity index (χ2n) is 10.3. The maximum atomic E-state index is 13.5. The summed E-state index contributed by atoms with van der Waals surface area (Å²) < 4.78 is 12.6. The molecule has 9 heteroatoms. The summed E-state index contributed by atoms with van der Waals surface area (Å²) in [7, 11) is 0. The van der Waals surface area contributed by atoms with Crippen LogP contribution >= 0.6 is 0 Å². The van der Waals surface area contributed by atoms with Gasteiger partial charge in [0, 0.05) is 22.1 Å². The van der Waals surface area contributed by atoms with Crippen LogP contribution in [0.2, 0.25) is 0 Å². The number of carbonyl (C=O) groups is 2. The van der Waals surface area contributed by atoms with E-state index in [0.29, 0.717) is 46.7 Å². The van der Waals surface area contributed by atoms with E-state index in [4.69, 9.17) is 14.5 Å². The number of Topliss-reactive ketones (excluding diaryl/α,β-unsaturated/α-hetero) is 1. The monoisotopic (exact) mass is 540 g/mol. The molecule has 0 bridgehead atoms. The summed E-state index contributed by atoms with van der Waals surface area (Å²) in [4.78, 5) is 43.5. The van der Waals surface area contributed by atoms with Gasteiger partial charge in [0.1, 0.15) is 18.1 Å². The first-order chi connectivity index (χ1) is 19.2. The number of hydrogen-bond acceptors (Lipinski definition) is 8. The molecule has 4 aromatic rings. The molecule has 2 aliphatic rings. The SMILES string of the molecule is CCc1c2c(nc3ccc(OCC(=O)c4ccc(O)c(C)c4)cc13)-c1cc3c(c(=O)n1C2)COC(=O)[C@]3(O)CC. The number of aryl methyl sites for hydroxylation is 2. The van der Waals surface area contributed by atoms with Gasteiger partial charge in [-0.2, -0.15) is 0 Å². The van der Waals surface area contributed by atoms with Gasteiger partial charge >= 0.3 is 5.97 Å². The van der Waals surface area contributed by atoms with Crippen LogP contribution in [0, 0.1) is 6.92 Å². The maximum Gasteiger partial charge on any atom is 0.343 e. The van der Waals surface area contributed by atoms with Crippen LogP contribution in [0.25, 0.3) is 22.3 Å². The molecular formula is C31H28N2O7. The number of fused-ring (bicyclic) bond motifs is 5. The average molecular weight is 541 g/mol. The van der Waals surface area contributed by atoms with Gasteiger partial charge in [0.05, 0.1) is 29.0 Å². The van der Waals surface area contributed by atoms with Gasteiger partial charge in [0.2, 0.25) is 0 Å². The van der Waals surface area contributed by atoms with Crippen molar-refractivity contribution in [2.45, 2.75) is 52.4 Å². The van der Waals surface area contributed by atoms with E-state index in [-0.39, 0.29) is 47.9 Å². The highest BCUT2D eigenvalue weighted by Gasteiger charge is 2.45. The van der Waals surface area contributed by atoms with Gasteiger partial charge in [-0.15, -0.1) is 0 Å². The molecule has 0 radical (unpaired) electrons. The third-order valence-corrected chi connectivity index (χ3v) is 8.02. The fourth-order valence-electron chi connectivity index (χ4n) is 5.70. The van der Waals surface area contributed by atoms with E-state index in [1.165, 1.54) is 6.07 Å². The van der Waals surface area contributed by atoms with Crippen molar-refractivity contribution in [1.82, 2.24) is 9.55 Å². The fourth-order valence-corrected chi connectivity index (χ4v) is 5.70. The number of hydrogen-bond donors (Lipinski definition) is 2. The Kier molecular flexibility index (Phi) is 5.99. The van der Waals surface area contributed by atoms with Gasteiger partial charge in [-0.3, -0.25) is 9.59 Å². The Labute approximate surface area is 229 Å². The minimum Gasteiger partial charge on any atom is -0.508 e. The number of ketones is 1. The summed E-state index contributed by atoms with van der Waals surface area (Å²) in [5.41, 5.74) is 3.27. The molecule has 9 nitrogen and oxygen atoms in total. The zero-order chi connectivity index (χ0) is 28.3. The number of carbonyl (C=O) groups excluding carboxylic acids is 2. The third kappa shape index (κ3) is 3.80. The van der Waals surface area contributed by atoms with Crippen LogP contribution in [0.1, 0.15) is 58.4 Å². The van der Waals surface area contributed by atoms with Crippen molar-refractivity contribution in [2.24, 2.45) is 0 Å². The lowest BCUT2D eigenvalue weighted by molar-refractivity contribution is -0.172. The molecule has 0 unspecified atom stereocenters. The van der Waals surface area contributed by atoms with Gasteiger partial charge in [-0.1, -0.05) is 13.8 Å². The summed E-state index contributed by atoms with van der Waals surface area (Å²) in [6.07, 6.45) is 0.747. The number of nitrogens with zero attached hydrogens (tertiary/aromatic N) is 2. The normalized spacial score (nSPS) is 17.2. The highest BCUT2D eigenvalue weighted by atomic mass is 16.6. The summed E-state index contributed by atoms with van der Waals surface area (Å²) in [6, 6.07) is 11.8. The Morgan fingerprint density at radius 2 is 1.93 bits per heavy atom. The largest absolute Gasteiger partial charge is 0.508 e. The molecule has 204 valence electrons. The molecule has 0 aliphatic carbocycles. The first kappa shape index (κ1) is 25.8. The first-order valence-corrected chi connectivity index (χ1v) is 13.2. The van der Waals surface area contributed by atoms with Crippen LogP contribution in [0.15, 0.2) is 47.3 Å². The predicted molar refractivity (Wildman–Crippen MR) is 147 cm³/mol. The number of pyridine rings is 2. The number of aromatic nitrogens is 2. The lowest BCUT2D eigenvalue weighted by Gasteiger charge is -2.31. The number of aliphatic hydroxyl groups is 1. The summed E-state index contributed by atoms with van der Waals surface area (Å²) in [6.45, 7) is 5.40. The van der Waals surface area contributed by atoms with E-state index < -0.39 is 11.6 Å². The average Bonchev–Trinajstić information content (AvgIpc) is 3.32. The van der Waals surface area contributed by atoms with Crippen molar-refractivity contribution in [3.8, 4) is 22.9 Å². The molecule has 0 fully saturated rings. The van der Waals surface area contributed by atoms with E-state index in [1.54, 1.807) is 42.7 Å². The zero-order valence-corrected chi connectivity index (χ0v) is 22.4. The Hall–Kier alpha value is -4.50. The van der Waals surface area contributed by atoms with Crippen LogP contribution in [0.4, 0.5) is 0 Å². The molecule has 0 saturated heterocycles. The van der Waals surface area contributed by atoms with Gasteiger partial charge in [-0.25, -0.2) is 9.78 Å². The van der Waals surface area contributed by atoms with Crippen molar-refractivity contribution >= 4 is 22.7 Å². The van der Waals surface area contributed by atoms with Gasteiger partial charge < -0.3 is 24.3 Å². The van der Waals surface area contributed by atoms with Gasteiger partial charge in [0.15, 0.2) is 18.0 Å². The highest BCUT2D eigenvalue weighted by molar-refractivity contribution is 5.97. The van der Waals surface area contributed by atoms with Crippen LogP contribution in [0.5, 0.6) is 11.5 Å². The Balaban J connectivity index is 1.38. The number of rotatable bonds is 6. The highest BCUT2D eigenvalue weighted by Crippen LogP contribution is 2.40. The standard InChI is InChI=1S/C31H28N2O7/c1-4-19-20-11-18(39-15-27(35)17-6-9-26(34)16(3)10-17)7-8-24(20)32-28-21(19)13-33-25(28)12-23-22(29(33)36)14-40-30(37)31(23,38)5-2/h6-12,34,38H,4-5,13-15H2,1-3H3/t31-/m0/s1. The quantitative estimate of drug-likeness (QED) is 0.245. The van der Waals surface area contributed by atoms with Crippen LogP contribution in [-0.2, 0) is 34.7 Å². The predicted octanol–water partition coefficient (Wildman–Crippen LogP) is 3.92. The lowest BCUT2D eigenvalue weighted by atomic mass is 9.86. The van der Waals surface area contributed by atoms with Crippen molar-refractivity contribution in [3.05, 3.63) is 86.2 Å². The van der Waals surface area contributed by atoms with Crippen LogP contribution < -0.4 is 10.3 Å². The van der Waals surface area contributed by atoms with Crippen molar-refractivity contribution in [1.29, 1.82) is 0 Å². The molecular weight excluding hydrogens is 512 g/mol.